The van der Waals surface area contributed by atoms with Gasteiger partial charge in [0.2, 0.25) is 0 Å². The third kappa shape index (κ3) is 7.97. The van der Waals surface area contributed by atoms with Gasteiger partial charge in [-0.2, -0.15) is 0 Å². The van der Waals surface area contributed by atoms with Crippen LogP contribution in [0.2, 0.25) is 0 Å². The van der Waals surface area contributed by atoms with Crippen LogP contribution < -0.4 is 26.2 Å². The van der Waals surface area contributed by atoms with Gasteiger partial charge in [0.1, 0.15) is 0 Å². The van der Waals surface area contributed by atoms with E-state index in [0.29, 0.717) is 0 Å². The normalized spacial score (nSPS) is 13.3. The minimum atomic E-state index is -0.0837. The van der Waals surface area contributed by atoms with Gasteiger partial charge in [-0.05, 0) is 125 Å². The number of para-hydroxylation sites is 2. The van der Waals surface area contributed by atoms with Crippen LogP contribution in [0.15, 0.2) is 182 Å². The van der Waals surface area contributed by atoms with Gasteiger partial charge in [-0.15, -0.1) is 0 Å². The standard InChI is InChI=1S/C63H63BN2/c1-61(2,3)47-34-33-46(51(37-47)43-23-13-10-14-24-43)42-66-57-32-22-20-30-55(57)64-54-29-19-21-31-56(54)65(58-40-49(63(7,8)9)41-59(66)60(58)64)36-35-50-52(44-25-15-11-16-26-44)38-48(62(4,5)6)39-53(50)45-27-17-12-18-28-45/h10-34,37-41H,35-36,42H2,1-9H3. The Morgan fingerprint density at radius 1 is 0.379 bits per heavy atom. The van der Waals surface area contributed by atoms with Crippen LogP contribution >= 0.6 is 0 Å². The molecule has 0 N–H and O–H groups in total. The lowest BCUT2D eigenvalue weighted by molar-refractivity contribution is 0.589. The average molecular weight is 859 g/mol. The third-order valence-corrected chi connectivity index (χ3v) is 14.2. The summed E-state index contributed by atoms with van der Waals surface area (Å²) in [6.45, 7) is 22.7. The van der Waals surface area contributed by atoms with Crippen molar-refractivity contribution in [1.82, 2.24) is 0 Å². The summed E-state index contributed by atoms with van der Waals surface area (Å²) >= 11 is 0. The van der Waals surface area contributed by atoms with Gasteiger partial charge >= 0.3 is 0 Å². The number of nitrogens with zero attached hydrogens (tertiary/aromatic N) is 2. The Kier molecular flexibility index (Phi) is 11.0. The zero-order chi connectivity index (χ0) is 46.0. The molecule has 8 aromatic rings. The monoisotopic (exact) mass is 859 g/mol. The van der Waals surface area contributed by atoms with Crippen molar-refractivity contribution in [3.05, 3.63) is 210 Å². The molecule has 8 aromatic carbocycles. The Morgan fingerprint density at radius 2 is 0.788 bits per heavy atom. The van der Waals surface area contributed by atoms with E-state index in [4.69, 9.17) is 0 Å². The molecule has 2 nitrogen and oxygen atoms in total. The molecule has 0 aliphatic carbocycles. The molecule has 2 heterocycles. The van der Waals surface area contributed by atoms with Gasteiger partial charge in [-0.1, -0.05) is 220 Å². The van der Waals surface area contributed by atoms with Crippen LogP contribution in [-0.2, 0) is 29.2 Å². The maximum absolute atomic E-state index is 2.68. The molecule has 0 radical (unpaired) electrons. The quantitative estimate of drug-likeness (QED) is 0.141. The van der Waals surface area contributed by atoms with Crippen molar-refractivity contribution in [3.8, 4) is 33.4 Å². The molecule has 2 aliphatic rings. The summed E-state index contributed by atoms with van der Waals surface area (Å²) in [7, 11) is 0. The topological polar surface area (TPSA) is 6.48 Å². The predicted octanol–water partition coefficient (Wildman–Crippen LogP) is 14.4. The van der Waals surface area contributed by atoms with E-state index in [0.717, 1.165) is 19.5 Å². The molecular formula is C63H63BN2. The van der Waals surface area contributed by atoms with E-state index in [-0.39, 0.29) is 23.0 Å². The molecule has 2 aliphatic heterocycles. The summed E-state index contributed by atoms with van der Waals surface area (Å²) in [5, 5.41) is 0. The van der Waals surface area contributed by atoms with E-state index in [1.165, 1.54) is 100 Å². The molecule has 0 saturated heterocycles. The minimum Gasteiger partial charge on any atom is -0.342 e. The van der Waals surface area contributed by atoms with E-state index >= 15 is 0 Å². The van der Waals surface area contributed by atoms with Crippen LogP contribution in [0.4, 0.5) is 22.7 Å². The summed E-state index contributed by atoms with van der Waals surface area (Å²) in [5.74, 6) is 0. The van der Waals surface area contributed by atoms with Crippen molar-refractivity contribution in [3.63, 3.8) is 0 Å². The maximum Gasteiger partial charge on any atom is 0.252 e. The summed E-state index contributed by atoms with van der Waals surface area (Å²) in [4.78, 5) is 5.33. The van der Waals surface area contributed by atoms with Crippen LogP contribution in [0, 0.1) is 0 Å². The highest BCUT2D eigenvalue weighted by Gasteiger charge is 2.43. The molecule has 0 spiro atoms. The van der Waals surface area contributed by atoms with Gasteiger partial charge in [0.05, 0.1) is 0 Å². The molecule has 66 heavy (non-hydrogen) atoms. The Balaban J connectivity index is 1.17. The van der Waals surface area contributed by atoms with Gasteiger partial charge < -0.3 is 9.80 Å². The number of hydrogen-bond donors (Lipinski definition) is 0. The van der Waals surface area contributed by atoms with Gasteiger partial charge in [0.15, 0.2) is 0 Å². The van der Waals surface area contributed by atoms with E-state index in [1.54, 1.807) is 0 Å². The van der Waals surface area contributed by atoms with Gasteiger partial charge in [0.25, 0.3) is 6.71 Å². The largest absolute Gasteiger partial charge is 0.342 e. The van der Waals surface area contributed by atoms with Gasteiger partial charge in [-0.25, -0.2) is 0 Å². The lowest BCUT2D eigenvalue weighted by Gasteiger charge is -2.45. The summed E-state index contributed by atoms with van der Waals surface area (Å²) < 4.78 is 0. The predicted molar refractivity (Wildman–Crippen MR) is 286 cm³/mol. The molecule has 0 bridgehead atoms. The van der Waals surface area contributed by atoms with Crippen molar-refractivity contribution in [2.45, 2.75) is 91.5 Å². The number of rotatable bonds is 8. The van der Waals surface area contributed by atoms with Crippen LogP contribution in [0.25, 0.3) is 33.4 Å². The number of anilines is 4. The van der Waals surface area contributed by atoms with Crippen molar-refractivity contribution in [2.24, 2.45) is 0 Å². The van der Waals surface area contributed by atoms with Crippen molar-refractivity contribution in [2.75, 3.05) is 16.3 Å². The van der Waals surface area contributed by atoms with Crippen molar-refractivity contribution in [1.29, 1.82) is 0 Å². The number of hydrogen-bond acceptors (Lipinski definition) is 2. The Morgan fingerprint density at radius 3 is 1.29 bits per heavy atom. The van der Waals surface area contributed by atoms with E-state index < -0.39 is 0 Å². The molecule has 10 rings (SSSR count). The van der Waals surface area contributed by atoms with Crippen molar-refractivity contribution < 1.29 is 0 Å². The molecule has 0 aromatic heterocycles. The fourth-order valence-corrected chi connectivity index (χ4v) is 10.5. The molecule has 0 saturated carbocycles. The second-order valence-corrected chi connectivity index (χ2v) is 21.7. The summed E-state index contributed by atoms with van der Waals surface area (Å²) in [6.07, 6.45) is 0.868. The molecule has 0 unspecified atom stereocenters. The van der Waals surface area contributed by atoms with Crippen LogP contribution in [0.5, 0.6) is 0 Å². The third-order valence-electron chi connectivity index (χ3n) is 14.2. The zero-order valence-electron chi connectivity index (χ0n) is 40.4. The molecule has 0 fully saturated rings. The Bertz CT molecular complexity index is 3000. The van der Waals surface area contributed by atoms with E-state index in [9.17, 15) is 0 Å². The molecule has 328 valence electrons. The first-order valence-corrected chi connectivity index (χ1v) is 24.0. The van der Waals surface area contributed by atoms with Gasteiger partial charge in [-0.3, -0.25) is 0 Å². The highest BCUT2D eigenvalue weighted by molar-refractivity contribution is 7.00. The Hall–Kier alpha value is -6.58. The zero-order valence-corrected chi connectivity index (χ0v) is 40.4. The number of fused-ring (bicyclic) bond motifs is 4. The molecule has 3 heteroatoms. The van der Waals surface area contributed by atoms with Gasteiger partial charge in [0, 0.05) is 35.8 Å². The minimum absolute atomic E-state index is 0.0163. The highest BCUT2D eigenvalue weighted by Crippen LogP contribution is 2.44. The first kappa shape index (κ1) is 43.3. The SMILES string of the molecule is CC(C)(C)c1ccc(CN2c3ccccc3B3c4ccccc4N(CCc4c(-c5ccccc5)cc(C(C)(C)C)cc4-c4ccccc4)c4cc(C(C)(C)C)cc2c43)c(-c2ccccc2)c1. The first-order chi connectivity index (χ1) is 31.6. The second-order valence-electron chi connectivity index (χ2n) is 21.7. The summed E-state index contributed by atoms with van der Waals surface area (Å²) in [6, 6.07) is 68.9. The Labute approximate surface area is 395 Å². The second kappa shape index (κ2) is 16.7. The van der Waals surface area contributed by atoms with Crippen molar-refractivity contribution >= 4 is 45.9 Å². The molecular weight excluding hydrogens is 796 g/mol. The number of benzene rings is 8. The molecule has 0 atom stereocenters. The average Bonchev–Trinajstić information content (AvgIpc) is 3.31. The van der Waals surface area contributed by atoms with Crippen LogP contribution in [-0.4, -0.2) is 13.3 Å². The lowest BCUT2D eigenvalue weighted by Crippen LogP contribution is -2.62. The van der Waals surface area contributed by atoms with E-state index in [1.807, 2.05) is 0 Å². The fraction of sp³-hybridized carbons (Fsp3) is 0.238. The molecule has 0 amide bonds. The van der Waals surface area contributed by atoms with Crippen LogP contribution in [0.1, 0.15) is 90.1 Å². The smallest absolute Gasteiger partial charge is 0.252 e. The maximum atomic E-state index is 2.68. The van der Waals surface area contributed by atoms with Crippen LogP contribution in [0.3, 0.4) is 0 Å². The first-order valence-electron chi connectivity index (χ1n) is 24.0. The lowest BCUT2D eigenvalue weighted by atomic mass is 9.33. The summed E-state index contributed by atoms with van der Waals surface area (Å²) in [5.41, 5.74) is 23.8. The van der Waals surface area contributed by atoms with E-state index in [2.05, 4.69) is 254 Å². The highest BCUT2D eigenvalue weighted by atomic mass is 15.2. The fourth-order valence-electron chi connectivity index (χ4n) is 10.5.